The zero-order valence-electron chi connectivity index (χ0n) is 22.0. The highest BCUT2D eigenvalue weighted by atomic mass is 16.3. The van der Waals surface area contributed by atoms with Crippen LogP contribution in [0.3, 0.4) is 0 Å². The summed E-state index contributed by atoms with van der Waals surface area (Å²) >= 11 is 0. The second kappa shape index (κ2) is 8.90. The summed E-state index contributed by atoms with van der Waals surface area (Å²) < 4.78 is 0. The number of phenolic OH excluding ortho intramolecular Hbond substituents is 1. The Bertz CT molecular complexity index is 1190. The molecule has 0 heterocycles. The molecule has 0 radical (unpaired) electrons. The fourth-order valence-electron chi connectivity index (χ4n) is 6.78. The molecule has 0 aliphatic heterocycles. The Kier molecular flexibility index (Phi) is 6.56. The van der Waals surface area contributed by atoms with E-state index in [4.69, 9.17) is 5.73 Å². The van der Waals surface area contributed by atoms with E-state index in [1.807, 2.05) is 27.7 Å². The van der Waals surface area contributed by atoms with Crippen molar-refractivity contribution in [3.05, 3.63) is 40.7 Å². The maximum Gasteiger partial charge on any atom is 0.255 e. The number of hydrogen-bond acceptors (Lipinski definition) is 9. The van der Waals surface area contributed by atoms with E-state index in [2.05, 4.69) is 5.32 Å². The van der Waals surface area contributed by atoms with Gasteiger partial charge in [-0.2, -0.15) is 0 Å². The number of ketones is 2. The smallest absolute Gasteiger partial charge is 0.255 e. The lowest BCUT2D eigenvalue weighted by atomic mass is 9.49. The van der Waals surface area contributed by atoms with Crippen molar-refractivity contribution in [1.29, 1.82) is 0 Å². The third-order valence-electron chi connectivity index (χ3n) is 8.34. The van der Waals surface area contributed by atoms with Crippen molar-refractivity contribution in [3.63, 3.8) is 0 Å². The van der Waals surface area contributed by atoms with E-state index < -0.39 is 76.3 Å². The van der Waals surface area contributed by atoms with Gasteiger partial charge in [-0.25, -0.2) is 0 Å². The maximum absolute atomic E-state index is 14.0. The van der Waals surface area contributed by atoms with E-state index in [9.17, 15) is 34.8 Å². The van der Waals surface area contributed by atoms with Crippen LogP contribution < -0.4 is 11.1 Å². The molecule has 0 aromatic heterocycles. The molecular formula is C27H37N3O7. The number of primary amides is 1. The first kappa shape index (κ1) is 27.3. The van der Waals surface area contributed by atoms with Crippen molar-refractivity contribution >= 4 is 17.5 Å². The molecule has 3 aliphatic rings. The second-order valence-electron chi connectivity index (χ2n) is 12.1. The number of phenols is 1. The molecule has 0 bridgehead atoms. The van der Waals surface area contributed by atoms with Gasteiger partial charge < -0.3 is 31.5 Å². The quantitative estimate of drug-likeness (QED) is 0.311. The minimum atomic E-state index is -2.39. The largest absolute Gasteiger partial charge is 0.508 e. The van der Waals surface area contributed by atoms with Crippen molar-refractivity contribution in [3.8, 4) is 5.75 Å². The summed E-state index contributed by atoms with van der Waals surface area (Å²) in [4.78, 5) is 41.3. The number of nitrogens with one attached hydrogen (secondary N) is 1. The van der Waals surface area contributed by atoms with Gasteiger partial charge in [0.2, 0.25) is 0 Å². The third-order valence-corrected chi connectivity index (χ3v) is 8.34. The molecule has 1 aromatic carbocycles. The fourth-order valence-corrected chi connectivity index (χ4v) is 6.78. The first-order chi connectivity index (χ1) is 17.1. The summed E-state index contributed by atoms with van der Waals surface area (Å²) in [7, 11) is 3.15. The number of carbonyl (C=O) groups excluding carboxylic acids is 3. The van der Waals surface area contributed by atoms with E-state index in [-0.39, 0.29) is 16.7 Å². The molecule has 4 rings (SSSR count). The van der Waals surface area contributed by atoms with Crippen LogP contribution in [0.1, 0.15) is 49.5 Å². The summed E-state index contributed by atoms with van der Waals surface area (Å²) in [5, 5.41) is 49.4. The van der Waals surface area contributed by atoms with Crippen LogP contribution in [0.5, 0.6) is 5.75 Å². The number of fused-ring (bicyclic) bond motifs is 3. The summed E-state index contributed by atoms with van der Waals surface area (Å²) in [6.07, 6.45) is -1.43. The SMILES string of the molecule is C[C@H]1c2cccc(O)c2C(=O)C2[C@@H]1[C@H](O)[C@H]1[C@H](N(C)C)C(=O)C(C(N)=O)=C(O)[C@@]1(O)[C@H]2NCC(C)(C)C. The number of carbonyl (C=O) groups is 3. The second-order valence-corrected chi connectivity index (χ2v) is 12.1. The van der Waals surface area contributed by atoms with Crippen LogP contribution in [0.2, 0.25) is 0 Å². The third kappa shape index (κ3) is 3.89. The van der Waals surface area contributed by atoms with Crippen LogP contribution in [-0.4, -0.2) is 87.2 Å². The molecule has 10 heteroatoms. The van der Waals surface area contributed by atoms with E-state index in [0.29, 0.717) is 12.1 Å². The Morgan fingerprint density at radius 3 is 2.32 bits per heavy atom. The minimum Gasteiger partial charge on any atom is -0.508 e. The van der Waals surface area contributed by atoms with Gasteiger partial charge in [0.25, 0.3) is 5.91 Å². The number of aromatic hydroxyl groups is 1. The van der Waals surface area contributed by atoms with E-state index in [1.54, 1.807) is 26.2 Å². The molecule has 1 amide bonds. The van der Waals surface area contributed by atoms with E-state index in [1.165, 1.54) is 11.0 Å². The zero-order valence-corrected chi connectivity index (χ0v) is 22.0. The Morgan fingerprint density at radius 2 is 1.78 bits per heavy atom. The number of nitrogens with two attached hydrogens (primary N) is 1. The van der Waals surface area contributed by atoms with Gasteiger partial charge in [-0.05, 0) is 37.1 Å². The molecule has 1 fully saturated rings. The Morgan fingerprint density at radius 1 is 1.16 bits per heavy atom. The molecule has 3 aliphatic carbocycles. The summed E-state index contributed by atoms with van der Waals surface area (Å²) in [5.41, 5.74) is 2.69. The molecule has 10 nitrogen and oxygen atoms in total. The Balaban J connectivity index is 2.04. The fraction of sp³-hybridized carbons (Fsp3) is 0.593. The van der Waals surface area contributed by atoms with Crippen LogP contribution >= 0.6 is 0 Å². The molecule has 7 N–H and O–H groups in total. The van der Waals surface area contributed by atoms with Gasteiger partial charge in [-0.3, -0.25) is 19.3 Å². The monoisotopic (exact) mass is 515 g/mol. The summed E-state index contributed by atoms with van der Waals surface area (Å²) in [6, 6.07) is 2.34. The van der Waals surface area contributed by atoms with Crippen molar-refractivity contribution in [2.24, 2.45) is 28.9 Å². The van der Waals surface area contributed by atoms with E-state index in [0.717, 1.165) is 0 Å². The number of hydrogen-bond donors (Lipinski definition) is 6. The number of aliphatic hydroxyl groups excluding tert-OH is 2. The van der Waals surface area contributed by atoms with Crippen LogP contribution in [0.15, 0.2) is 29.5 Å². The predicted octanol–water partition coefficient (Wildman–Crippen LogP) is 0.461. The number of likely N-dealkylation sites (N-methyl/N-ethyl adjacent to an activating group) is 1. The first-order valence-electron chi connectivity index (χ1n) is 12.5. The van der Waals surface area contributed by atoms with Crippen LogP contribution in [0, 0.1) is 23.2 Å². The number of amides is 1. The minimum absolute atomic E-state index is 0.0997. The molecule has 0 spiro atoms. The van der Waals surface area contributed by atoms with Crippen molar-refractivity contribution in [2.45, 2.75) is 57.4 Å². The first-order valence-corrected chi connectivity index (χ1v) is 12.5. The lowest BCUT2D eigenvalue weighted by Gasteiger charge is -2.60. The van der Waals surface area contributed by atoms with Gasteiger partial charge in [0.15, 0.2) is 11.6 Å². The number of rotatable bonds is 4. The molecule has 1 saturated carbocycles. The summed E-state index contributed by atoms with van der Waals surface area (Å²) in [6.45, 7) is 7.96. The van der Waals surface area contributed by atoms with Crippen molar-refractivity contribution < 1.29 is 34.8 Å². The molecule has 37 heavy (non-hydrogen) atoms. The molecule has 1 unspecified atom stereocenters. The standard InChI is InChI=1S/C27H37N3O7/c1-11-12-8-7-9-13(31)15(12)20(32)16-14(11)21(33)18-19(30(5)6)22(34)17(25(28)36)24(35)27(18,37)23(16)29-10-26(2,3)4/h7-9,11,14,16,18-19,21,23,29,31,33,35,37H,10H2,1-6H3,(H2,28,36)/t11-,14+,16?,18+,19-,21-,23-,27-/m0/s1. The van der Waals surface area contributed by atoms with Crippen LogP contribution in [0.4, 0.5) is 0 Å². The summed E-state index contributed by atoms with van der Waals surface area (Å²) in [5.74, 6) is -7.25. The van der Waals surface area contributed by atoms with Crippen LogP contribution in [-0.2, 0) is 9.59 Å². The lowest BCUT2D eigenvalue weighted by Crippen LogP contribution is -2.77. The molecular weight excluding hydrogens is 478 g/mol. The number of nitrogens with zero attached hydrogens (tertiary/aromatic N) is 1. The molecule has 8 atom stereocenters. The number of benzene rings is 1. The maximum atomic E-state index is 14.0. The number of aliphatic hydroxyl groups is 3. The molecule has 1 aromatic rings. The average molecular weight is 516 g/mol. The van der Waals surface area contributed by atoms with Crippen LogP contribution in [0.25, 0.3) is 0 Å². The average Bonchev–Trinajstić information content (AvgIpc) is 2.77. The highest BCUT2D eigenvalue weighted by molar-refractivity contribution is 6.22. The molecule has 0 saturated heterocycles. The van der Waals surface area contributed by atoms with E-state index >= 15 is 0 Å². The molecule has 202 valence electrons. The number of Topliss-reactive ketones (excluding diaryl/α,β-unsaturated/α-hetero) is 2. The van der Waals surface area contributed by atoms with Gasteiger partial charge in [0.1, 0.15) is 22.7 Å². The Hall–Kier alpha value is -2.79. The normalized spacial score (nSPS) is 35.8. The highest BCUT2D eigenvalue weighted by Gasteiger charge is 2.70. The van der Waals surface area contributed by atoms with Gasteiger partial charge in [-0.1, -0.05) is 39.8 Å². The highest BCUT2D eigenvalue weighted by Crippen LogP contribution is 2.56. The lowest BCUT2D eigenvalue weighted by molar-refractivity contribution is -0.188. The zero-order chi connectivity index (χ0) is 27.8. The van der Waals surface area contributed by atoms with Crippen molar-refractivity contribution in [2.75, 3.05) is 20.6 Å². The van der Waals surface area contributed by atoms with Gasteiger partial charge >= 0.3 is 0 Å². The topological polar surface area (TPSA) is 173 Å². The van der Waals surface area contributed by atoms with Gasteiger partial charge in [-0.15, -0.1) is 0 Å². The Labute approximate surface area is 216 Å². The predicted molar refractivity (Wildman–Crippen MR) is 135 cm³/mol. The van der Waals surface area contributed by atoms with Crippen molar-refractivity contribution in [1.82, 2.24) is 10.2 Å². The van der Waals surface area contributed by atoms with Gasteiger partial charge in [0, 0.05) is 24.3 Å². The van der Waals surface area contributed by atoms with Gasteiger partial charge in [0.05, 0.1) is 23.8 Å².